The lowest BCUT2D eigenvalue weighted by Gasteiger charge is -2.06. The van der Waals surface area contributed by atoms with Gasteiger partial charge in [-0.1, -0.05) is 22.0 Å². The van der Waals surface area contributed by atoms with E-state index >= 15 is 0 Å². The summed E-state index contributed by atoms with van der Waals surface area (Å²) in [7, 11) is -3.73. The number of sulfonamides is 1. The first kappa shape index (κ1) is 16.5. The first-order chi connectivity index (χ1) is 10.3. The van der Waals surface area contributed by atoms with Crippen molar-refractivity contribution in [2.24, 2.45) is 5.10 Å². The highest BCUT2D eigenvalue weighted by Crippen LogP contribution is 2.20. The molecule has 22 heavy (non-hydrogen) atoms. The standard InChI is InChI=1S/C15H15BrN2O3S/c1-10-3-5-14(7-11(10)2)22(20,21)18-17-9-12-8-13(16)4-6-15(12)19/h3-9,18-19H,1-2H3/b17-9+. The van der Waals surface area contributed by atoms with Crippen molar-refractivity contribution in [3.8, 4) is 5.75 Å². The zero-order valence-electron chi connectivity index (χ0n) is 12.0. The van der Waals surface area contributed by atoms with Gasteiger partial charge in [0.15, 0.2) is 0 Å². The number of rotatable bonds is 4. The Hall–Kier alpha value is -1.86. The fourth-order valence-electron chi connectivity index (χ4n) is 1.73. The van der Waals surface area contributed by atoms with Crippen LogP contribution in [-0.2, 0) is 10.0 Å². The van der Waals surface area contributed by atoms with Crippen LogP contribution in [0.1, 0.15) is 16.7 Å². The third-order valence-corrected chi connectivity index (χ3v) is 4.87. The van der Waals surface area contributed by atoms with Gasteiger partial charge in [-0.05, 0) is 55.3 Å². The number of nitrogens with zero attached hydrogens (tertiary/aromatic N) is 1. The molecule has 2 aromatic carbocycles. The highest BCUT2D eigenvalue weighted by molar-refractivity contribution is 9.10. The Morgan fingerprint density at radius 1 is 1.14 bits per heavy atom. The third-order valence-electron chi connectivity index (χ3n) is 3.15. The molecule has 0 atom stereocenters. The molecular weight excluding hydrogens is 368 g/mol. The summed E-state index contributed by atoms with van der Waals surface area (Å²) in [5.74, 6) is 0.0114. The molecule has 0 aromatic heterocycles. The molecule has 0 amide bonds. The molecule has 0 spiro atoms. The van der Waals surface area contributed by atoms with Gasteiger partial charge in [-0.15, -0.1) is 0 Å². The minimum absolute atomic E-state index is 0.0114. The number of hydrogen-bond acceptors (Lipinski definition) is 4. The summed E-state index contributed by atoms with van der Waals surface area (Å²) in [6.45, 7) is 3.75. The predicted molar refractivity (Wildman–Crippen MR) is 89.6 cm³/mol. The van der Waals surface area contributed by atoms with Gasteiger partial charge in [0.1, 0.15) is 5.75 Å². The lowest BCUT2D eigenvalue weighted by Crippen LogP contribution is -2.18. The summed E-state index contributed by atoms with van der Waals surface area (Å²) < 4.78 is 25.0. The number of hydrogen-bond donors (Lipinski definition) is 2. The summed E-state index contributed by atoms with van der Waals surface area (Å²) in [5.41, 5.74) is 2.30. The van der Waals surface area contributed by atoms with Crippen molar-refractivity contribution in [1.82, 2.24) is 4.83 Å². The highest BCUT2D eigenvalue weighted by atomic mass is 79.9. The Labute approximate surface area is 137 Å². The first-order valence-electron chi connectivity index (χ1n) is 6.40. The van der Waals surface area contributed by atoms with Crippen molar-refractivity contribution in [2.45, 2.75) is 18.7 Å². The van der Waals surface area contributed by atoms with Crippen molar-refractivity contribution in [2.75, 3.05) is 0 Å². The number of phenolic OH excluding ortho intramolecular Hbond substituents is 1. The topological polar surface area (TPSA) is 78.8 Å². The summed E-state index contributed by atoms with van der Waals surface area (Å²) in [6, 6.07) is 9.65. The second-order valence-corrected chi connectivity index (χ2v) is 7.38. The van der Waals surface area contributed by atoms with Gasteiger partial charge in [-0.25, -0.2) is 4.83 Å². The Balaban J connectivity index is 2.20. The number of phenols is 1. The van der Waals surface area contributed by atoms with E-state index in [4.69, 9.17) is 0 Å². The number of aromatic hydroxyl groups is 1. The van der Waals surface area contributed by atoms with E-state index in [2.05, 4.69) is 25.9 Å². The molecule has 2 N–H and O–H groups in total. The van der Waals surface area contributed by atoms with Gasteiger partial charge >= 0.3 is 0 Å². The average molecular weight is 383 g/mol. The van der Waals surface area contributed by atoms with Crippen molar-refractivity contribution in [1.29, 1.82) is 0 Å². The fourth-order valence-corrected chi connectivity index (χ4v) is 2.98. The largest absolute Gasteiger partial charge is 0.507 e. The van der Waals surface area contributed by atoms with E-state index in [1.807, 2.05) is 13.8 Å². The van der Waals surface area contributed by atoms with Crippen LogP contribution >= 0.6 is 15.9 Å². The molecule has 116 valence electrons. The molecule has 0 aliphatic heterocycles. The van der Waals surface area contributed by atoms with Gasteiger partial charge in [-0.2, -0.15) is 13.5 Å². The molecule has 0 bridgehead atoms. The summed E-state index contributed by atoms with van der Waals surface area (Å²) in [5, 5.41) is 13.4. The van der Waals surface area contributed by atoms with Crippen LogP contribution in [0.3, 0.4) is 0 Å². The van der Waals surface area contributed by atoms with Crippen molar-refractivity contribution >= 4 is 32.2 Å². The summed E-state index contributed by atoms with van der Waals surface area (Å²) in [4.78, 5) is 2.28. The van der Waals surface area contributed by atoms with Crippen molar-refractivity contribution in [3.63, 3.8) is 0 Å². The van der Waals surface area contributed by atoms with Crippen LogP contribution in [0.5, 0.6) is 5.75 Å². The molecule has 0 aliphatic carbocycles. The van der Waals surface area contributed by atoms with E-state index in [1.165, 1.54) is 18.3 Å². The van der Waals surface area contributed by atoms with E-state index < -0.39 is 10.0 Å². The van der Waals surface area contributed by atoms with Gasteiger partial charge < -0.3 is 5.11 Å². The molecule has 0 fully saturated rings. The van der Waals surface area contributed by atoms with Gasteiger partial charge in [0, 0.05) is 10.0 Å². The maximum atomic E-state index is 12.1. The number of aryl methyl sites for hydroxylation is 2. The number of nitrogens with one attached hydrogen (secondary N) is 1. The van der Waals surface area contributed by atoms with Gasteiger partial charge in [0.05, 0.1) is 11.1 Å². The number of hydrazone groups is 1. The smallest absolute Gasteiger partial charge is 0.276 e. The Kier molecular flexibility index (Phi) is 4.87. The third kappa shape index (κ3) is 3.86. The lowest BCUT2D eigenvalue weighted by molar-refractivity contribution is 0.474. The van der Waals surface area contributed by atoms with Crippen molar-refractivity contribution in [3.05, 3.63) is 57.6 Å². The Morgan fingerprint density at radius 3 is 2.55 bits per heavy atom. The highest BCUT2D eigenvalue weighted by Gasteiger charge is 2.13. The zero-order chi connectivity index (χ0) is 16.3. The van der Waals surface area contributed by atoms with E-state index in [1.54, 1.807) is 24.3 Å². The van der Waals surface area contributed by atoms with Crippen LogP contribution in [0.4, 0.5) is 0 Å². The van der Waals surface area contributed by atoms with Crippen LogP contribution < -0.4 is 4.83 Å². The molecule has 2 rings (SSSR count). The Morgan fingerprint density at radius 2 is 1.86 bits per heavy atom. The minimum atomic E-state index is -3.73. The van der Waals surface area contributed by atoms with Crippen LogP contribution in [-0.4, -0.2) is 19.7 Å². The molecular formula is C15H15BrN2O3S. The zero-order valence-corrected chi connectivity index (χ0v) is 14.4. The maximum absolute atomic E-state index is 12.1. The average Bonchev–Trinajstić information content (AvgIpc) is 2.45. The fraction of sp³-hybridized carbons (Fsp3) is 0.133. The first-order valence-corrected chi connectivity index (χ1v) is 8.68. The molecule has 5 nitrogen and oxygen atoms in total. The maximum Gasteiger partial charge on any atom is 0.276 e. The molecule has 0 saturated carbocycles. The van der Waals surface area contributed by atoms with E-state index in [0.29, 0.717) is 5.56 Å². The van der Waals surface area contributed by atoms with E-state index in [0.717, 1.165) is 15.6 Å². The molecule has 0 radical (unpaired) electrons. The molecule has 7 heteroatoms. The molecule has 0 saturated heterocycles. The molecule has 0 aliphatic rings. The van der Waals surface area contributed by atoms with Gasteiger partial charge in [-0.3, -0.25) is 0 Å². The summed E-state index contributed by atoms with van der Waals surface area (Å²) >= 11 is 3.27. The second-order valence-electron chi connectivity index (χ2n) is 4.80. The van der Waals surface area contributed by atoms with Crippen LogP contribution in [0.2, 0.25) is 0 Å². The number of benzene rings is 2. The minimum Gasteiger partial charge on any atom is -0.507 e. The molecule has 0 unspecified atom stereocenters. The lowest BCUT2D eigenvalue weighted by atomic mass is 10.1. The second kappa shape index (κ2) is 6.50. The normalized spacial score (nSPS) is 11.8. The van der Waals surface area contributed by atoms with E-state index in [9.17, 15) is 13.5 Å². The quantitative estimate of drug-likeness (QED) is 0.629. The molecule has 0 heterocycles. The van der Waals surface area contributed by atoms with Gasteiger partial charge in [0.2, 0.25) is 0 Å². The molecule has 2 aromatic rings. The monoisotopic (exact) mass is 382 g/mol. The van der Waals surface area contributed by atoms with Crippen LogP contribution in [0.25, 0.3) is 0 Å². The SMILES string of the molecule is Cc1ccc(S(=O)(=O)N/N=C/c2cc(Br)ccc2O)cc1C. The Bertz CT molecular complexity index is 833. The van der Waals surface area contributed by atoms with E-state index in [-0.39, 0.29) is 10.6 Å². The van der Waals surface area contributed by atoms with Gasteiger partial charge in [0.25, 0.3) is 10.0 Å². The summed E-state index contributed by atoms with van der Waals surface area (Å²) in [6.07, 6.45) is 1.25. The predicted octanol–water partition coefficient (Wildman–Crippen LogP) is 3.08. The van der Waals surface area contributed by atoms with Crippen molar-refractivity contribution < 1.29 is 13.5 Å². The van der Waals surface area contributed by atoms with Crippen LogP contribution in [0, 0.1) is 13.8 Å². The van der Waals surface area contributed by atoms with Crippen LogP contribution in [0.15, 0.2) is 50.9 Å². The number of halogens is 1.